The van der Waals surface area contributed by atoms with Crippen molar-refractivity contribution in [1.29, 1.82) is 0 Å². The number of aromatic nitrogens is 3. The standard InChI is InChI=1S/C20H17FN4O2/c1-13-4-2-3-5-14(13)10-22-19(26)11-25-20(27)18-9-15-8-16(21)6-7-17(15)24(18)12-23-25/h2-9,12H,10-11H2,1H3,(H,22,26). The fraction of sp³-hybridized carbons (Fsp3) is 0.150. The van der Waals surface area contributed by atoms with E-state index in [0.29, 0.717) is 23.0 Å². The third-order valence-electron chi connectivity index (χ3n) is 4.59. The third kappa shape index (κ3) is 3.19. The van der Waals surface area contributed by atoms with Crippen LogP contribution in [0.2, 0.25) is 0 Å². The van der Waals surface area contributed by atoms with Crippen LogP contribution in [0.4, 0.5) is 4.39 Å². The number of halogens is 1. The molecule has 2 heterocycles. The summed E-state index contributed by atoms with van der Waals surface area (Å²) in [7, 11) is 0. The number of carbonyl (C=O) groups excluding carboxylic acids is 1. The summed E-state index contributed by atoms with van der Waals surface area (Å²) in [5, 5.41) is 7.49. The molecule has 4 aromatic rings. The van der Waals surface area contributed by atoms with Crippen LogP contribution in [0.25, 0.3) is 16.4 Å². The Morgan fingerprint density at radius 1 is 1.15 bits per heavy atom. The van der Waals surface area contributed by atoms with Gasteiger partial charge in [-0.2, -0.15) is 5.10 Å². The number of nitrogens with zero attached hydrogens (tertiary/aromatic N) is 3. The fourth-order valence-corrected chi connectivity index (χ4v) is 3.10. The molecule has 0 radical (unpaired) electrons. The molecule has 0 atom stereocenters. The lowest BCUT2D eigenvalue weighted by molar-refractivity contribution is -0.122. The Morgan fingerprint density at radius 3 is 2.78 bits per heavy atom. The van der Waals surface area contributed by atoms with Crippen LogP contribution in [-0.2, 0) is 17.9 Å². The number of benzene rings is 2. The molecule has 6 nitrogen and oxygen atoms in total. The van der Waals surface area contributed by atoms with E-state index < -0.39 is 5.56 Å². The maximum Gasteiger partial charge on any atom is 0.291 e. The lowest BCUT2D eigenvalue weighted by Gasteiger charge is -2.09. The van der Waals surface area contributed by atoms with Gasteiger partial charge in [0, 0.05) is 11.9 Å². The molecule has 2 aromatic heterocycles. The highest BCUT2D eigenvalue weighted by molar-refractivity contribution is 5.86. The van der Waals surface area contributed by atoms with Crippen LogP contribution in [0.15, 0.2) is 59.7 Å². The average molecular weight is 364 g/mol. The van der Waals surface area contributed by atoms with E-state index in [1.54, 1.807) is 16.5 Å². The number of hydrogen-bond donors (Lipinski definition) is 1. The second-order valence-corrected chi connectivity index (χ2v) is 6.40. The summed E-state index contributed by atoms with van der Waals surface area (Å²) >= 11 is 0. The first-order chi connectivity index (χ1) is 13.0. The van der Waals surface area contributed by atoms with Crippen molar-refractivity contribution in [1.82, 2.24) is 19.5 Å². The van der Waals surface area contributed by atoms with E-state index in [1.165, 1.54) is 18.5 Å². The molecule has 136 valence electrons. The van der Waals surface area contributed by atoms with Crippen molar-refractivity contribution < 1.29 is 9.18 Å². The van der Waals surface area contributed by atoms with Crippen molar-refractivity contribution in [2.75, 3.05) is 0 Å². The largest absolute Gasteiger partial charge is 0.350 e. The van der Waals surface area contributed by atoms with Crippen LogP contribution < -0.4 is 10.9 Å². The first kappa shape index (κ1) is 17.0. The predicted molar refractivity (Wildman–Crippen MR) is 99.9 cm³/mol. The molecule has 7 heteroatoms. The van der Waals surface area contributed by atoms with Gasteiger partial charge in [0.1, 0.15) is 24.2 Å². The van der Waals surface area contributed by atoms with E-state index in [1.807, 2.05) is 31.2 Å². The average Bonchev–Trinajstić information content (AvgIpc) is 3.02. The van der Waals surface area contributed by atoms with Gasteiger partial charge in [-0.1, -0.05) is 24.3 Å². The number of amides is 1. The Balaban J connectivity index is 1.57. The van der Waals surface area contributed by atoms with Gasteiger partial charge in [0.2, 0.25) is 5.91 Å². The molecule has 0 spiro atoms. The molecule has 0 fully saturated rings. The van der Waals surface area contributed by atoms with E-state index in [0.717, 1.165) is 15.8 Å². The molecule has 0 aliphatic rings. The maximum atomic E-state index is 13.4. The molecule has 0 aliphatic heterocycles. The van der Waals surface area contributed by atoms with E-state index in [4.69, 9.17) is 0 Å². The molecular formula is C20H17FN4O2. The number of nitrogens with one attached hydrogen (secondary N) is 1. The van der Waals surface area contributed by atoms with Crippen LogP contribution in [0.5, 0.6) is 0 Å². The van der Waals surface area contributed by atoms with Crippen molar-refractivity contribution in [2.24, 2.45) is 0 Å². The Kier molecular flexibility index (Phi) is 4.19. The minimum atomic E-state index is -0.403. The van der Waals surface area contributed by atoms with E-state index in [9.17, 15) is 14.0 Å². The summed E-state index contributed by atoms with van der Waals surface area (Å²) in [6.45, 7) is 2.18. The van der Waals surface area contributed by atoms with E-state index in [2.05, 4.69) is 10.4 Å². The Bertz CT molecular complexity index is 1230. The van der Waals surface area contributed by atoms with Crippen LogP contribution in [-0.4, -0.2) is 20.1 Å². The minimum Gasteiger partial charge on any atom is -0.350 e. The summed E-state index contributed by atoms with van der Waals surface area (Å²) in [6, 6.07) is 13.7. The van der Waals surface area contributed by atoms with Gasteiger partial charge in [-0.25, -0.2) is 9.07 Å². The summed E-state index contributed by atoms with van der Waals surface area (Å²) in [5.74, 6) is -0.679. The van der Waals surface area contributed by atoms with Crippen LogP contribution in [0, 0.1) is 12.7 Å². The molecule has 1 amide bonds. The van der Waals surface area contributed by atoms with Gasteiger partial charge >= 0.3 is 0 Å². The topological polar surface area (TPSA) is 68.4 Å². The molecule has 27 heavy (non-hydrogen) atoms. The van der Waals surface area contributed by atoms with Crippen molar-refractivity contribution in [2.45, 2.75) is 20.0 Å². The fourth-order valence-electron chi connectivity index (χ4n) is 3.10. The van der Waals surface area contributed by atoms with Crippen molar-refractivity contribution in [3.05, 3.63) is 82.2 Å². The molecule has 0 unspecified atom stereocenters. The lowest BCUT2D eigenvalue weighted by atomic mass is 10.1. The van der Waals surface area contributed by atoms with E-state index in [-0.39, 0.29) is 18.3 Å². The SMILES string of the molecule is Cc1ccccc1CNC(=O)Cn1ncn2c(cc3cc(F)ccc32)c1=O. The zero-order chi connectivity index (χ0) is 19.0. The molecule has 0 saturated carbocycles. The molecule has 2 aromatic carbocycles. The van der Waals surface area contributed by atoms with Crippen LogP contribution in [0.1, 0.15) is 11.1 Å². The first-order valence-electron chi connectivity index (χ1n) is 8.50. The number of hydrogen-bond acceptors (Lipinski definition) is 3. The van der Waals surface area contributed by atoms with Gasteiger partial charge < -0.3 is 5.32 Å². The smallest absolute Gasteiger partial charge is 0.291 e. The third-order valence-corrected chi connectivity index (χ3v) is 4.59. The van der Waals surface area contributed by atoms with Gasteiger partial charge in [-0.3, -0.25) is 14.0 Å². The second kappa shape index (κ2) is 6.68. The lowest BCUT2D eigenvalue weighted by Crippen LogP contribution is -2.34. The molecule has 0 aliphatic carbocycles. The molecule has 4 rings (SSSR count). The Morgan fingerprint density at radius 2 is 1.96 bits per heavy atom. The molecule has 1 N–H and O–H groups in total. The molecule has 0 saturated heterocycles. The van der Waals surface area contributed by atoms with Gasteiger partial charge in [0.15, 0.2) is 0 Å². The van der Waals surface area contributed by atoms with Crippen LogP contribution >= 0.6 is 0 Å². The van der Waals surface area contributed by atoms with Crippen molar-refractivity contribution in [3.63, 3.8) is 0 Å². The van der Waals surface area contributed by atoms with Gasteiger partial charge in [0.25, 0.3) is 5.56 Å². The first-order valence-corrected chi connectivity index (χ1v) is 8.50. The van der Waals surface area contributed by atoms with Gasteiger partial charge in [-0.05, 0) is 42.3 Å². The maximum absolute atomic E-state index is 13.4. The summed E-state index contributed by atoms with van der Waals surface area (Å²) in [4.78, 5) is 24.9. The highest BCUT2D eigenvalue weighted by atomic mass is 19.1. The summed E-state index contributed by atoms with van der Waals surface area (Å²) in [5.41, 5.74) is 2.73. The Hall–Kier alpha value is -3.48. The highest BCUT2D eigenvalue weighted by Crippen LogP contribution is 2.18. The number of rotatable bonds is 4. The molecular weight excluding hydrogens is 347 g/mol. The zero-order valence-corrected chi connectivity index (χ0v) is 14.6. The monoisotopic (exact) mass is 364 g/mol. The number of carbonyl (C=O) groups is 1. The summed E-state index contributed by atoms with van der Waals surface area (Å²) in [6.07, 6.45) is 1.46. The number of fused-ring (bicyclic) bond motifs is 3. The van der Waals surface area contributed by atoms with Crippen molar-refractivity contribution in [3.8, 4) is 0 Å². The second-order valence-electron chi connectivity index (χ2n) is 6.40. The molecule has 0 bridgehead atoms. The van der Waals surface area contributed by atoms with Gasteiger partial charge in [-0.15, -0.1) is 0 Å². The minimum absolute atomic E-state index is 0.183. The van der Waals surface area contributed by atoms with Crippen LogP contribution in [0.3, 0.4) is 0 Å². The number of aryl methyl sites for hydroxylation is 1. The van der Waals surface area contributed by atoms with E-state index >= 15 is 0 Å². The normalized spacial score (nSPS) is 11.2. The predicted octanol–water partition coefficient (Wildman–Crippen LogP) is 2.41. The summed E-state index contributed by atoms with van der Waals surface area (Å²) < 4.78 is 16.1. The van der Waals surface area contributed by atoms with Gasteiger partial charge in [0.05, 0.1) is 5.52 Å². The zero-order valence-electron chi connectivity index (χ0n) is 14.6. The van der Waals surface area contributed by atoms with Crippen molar-refractivity contribution >= 4 is 22.3 Å². The quantitative estimate of drug-likeness (QED) is 0.605. The highest BCUT2D eigenvalue weighted by Gasteiger charge is 2.12. The Labute approximate surface area is 153 Å².